The van der Waals surface area contributed by atoms with Crippen molar-refractivity contribution >= 4 is 0 Å². The van der Waals surface area contributed by atoms with Crippen LogP contribution in [0, 0.1) is 6.92 Å². The van der Waals surface area contributed by atoms with Gasteiger partial charge in [0.1, 0.15) is 0 Å². The minimum atomic E-state index is -4.34. The molecule has 0 fully saturated rings. The average molecular weight is 281 g/mol. The summed E-state index contributed by atoms with van der Waals surface area (Å²) in [6, 6.07) is 6.40. The number of nitrogens with two attached hydrogens (primary N) is 1. The summed E-state index contributed by atoms with van der Waals surface area (Å²) in [6.45, 7) is 1.89. The van der Waals surface area contributed by atoms with E-state index in [9.17, 15) is 13.2 Å². The van der Waals surface area contributed by atoms with Crippen molar-refractivity contribution in [2.45, 2.75) is 19.1 Å². The van der Waals surface area contributed by atoms with E-state index in [0.29, 0.717) is 5.56 Å². The average Bonchev–Trinajstić information content (AvgIpc) is 2.39. The Balaban J connectivity index is 2.33. The standard InChI is InChI=1S/C14H14F3N3/c1-9-6-11(8-19-7-9)13(20-18)10-2-4-12(5-3-10)14(15,16)17/h2-8,13,20H,18H2,1H3. The Hall–Kier alpha value is -1.92. The first kappa shape index (κ1) is 14.5. The van der Waals surface area contributed by atoms with E-state index in [2.05, 4.69) is 10.4 Å². The highest BCUT2D eigenvalue weighted by Crippen LogP contribution is 2.30. The summed E-state index contributed by atoms with van der Waals surface area (Å²) < 4.78 is 37.6. The number of nitrogens with zero attached hydrogens (tertiary/aromatic N) is 1. The van der Waals surface area contributed by atoms with Gasteiger partial charge in [-0.3, -0.25) is 10.8 Å². The van der Waals surface area contributed by atoms with Crippen LogP contribution in [0.2, 0.25) is 0 Å². The molecule has 0 aliphatic carbocycles. The van der Waals surface area contributed by atoms with Crippen LogP contribution in [0.25, 0.3) is 0 Å². The minimum absolute atomic E-state index is 0.398. The van der Waals surface area contributed by atoms with E-state index in [1.165, 1.54) is 12.1 Å². The quantitative estimate of drug-likeness (QED) is 0.671. The van der Waals surface area contributed by atoms with Gasteiger partial charge in [0.15, 0.2) is 0 Å². The van der Waals surface area contributed by atoms with Crippen molar-refractivity contribution in [2.24, 2.45) is 5.84 Å². The molecule has 1 heterocycles. The molecular weight excluding hydrogens is 267 g/mol. The summed E-state index contributed by atoms with van der Waals surface area (Å²) in [5.74, 6) is 5.51. The Labute approximate surface area is 114 Å². The summed E-state index contributed by atoms with van der Waals surface area (Å²) in [5.41, 5.74) is 4.32. The third-order valence-corrected chi connectivity index (χ3v) is 2.97. The number of aryl methyl sites for hydroxylation is 1. The van der Waals surface area contributed by atoms with E-state index >= 15 is 0 Å². The minimum Gasteiger partial charge on any atom is -0.271 e. The van der Waals surface area contributed by atoms with Crippen molar-refractivity contribution in [3.05, 3.63) is 65.0 Å². The van der Waals surface area contributed by atoms with Gasteiger partial charge in [0.05, 0.1) is 11.6 Å². The van der Waals surface area contributed by atoms with E-state index in [1.807, 2.05) is 13.0 Å². The molecule has 2 rings (SSSR count). The predicted molar refractivity (Wildman–Crippen MR) is 69.6 cm³/mol. The number of hydrogen-bond acceptors (Lipinski definition) is 3. The maximum absolute atomic E-state index is 12.5. The number of nitrogens with one attached hydrogen (secondary N) is 1. The van der Waals surface area contributed by atoms with Gasteiger partial charge in [-0.05, 0) is 35.7 Å². The molecule has 6 heteroatoms. The summed E-state index contributed by atoms with van der Waals surface area (Å²) in [6.07, 6.45) is -1.01. The fourth-order valence-corrected chi connectivity index (χ4v) is 1.99. The van der Waals surface area contributed by atoms with Crippen molar-refractivity contribution in [1.29, 1.82) is 0 Å². The Morgan fingerprint density at radius 1 is 1.10 bits per heavy atom. The summed E-state index contributed by atoms with van der Waals surface area (Å²) >= 11 is 0. The van der Waals surface area contributed by atoms with Gasteiger partial charge in [-0.15, -0.1) is 0 Å². The van der Waals surface area contributed by atoms with E-state index in [-0.39, 0.29) is 0 Å². The second kappa shape index (κ2) is 5.60. The normalized spacial score (nSPS) is 13.2. The second-order valence-electron chi connectivity index (χ2n) is 4.52. The van der Waals surface area contributed by atoms with Crippen LogP contribution in [0.4, 0.5) is 13.2 Å². The first-order chi connectivity index (χ1) is 9.41. The lowest BCUT2D eigenvalue weighted by Crippen LogP contribution is -2.29. The number of hydrogen-bond donors (Lipinski definition) is 2. The van der Waals surface area contributed by atoms with Crippen LogP contribution in [-0.2, 0) is 6.18 Å². The highest BCUT2D eigenvalue weighted by molar-refractivity contribution is 5.34. The molecule has 0 bridgehead atoms. The number of hydrazine groups is 1. The van der Waals surface area contributed by atoms with Gasteiger partial charge in [-0.1, -0.05) is 18.2 Å². The second-order valence-corrected chi connectivity index (χ2v) is 4.52. The predicted octanol–water partition coefficient (Wildman–Crippen LogP) is 2.96. The number of alkyl halides is 3. The molecule has 106 valence electrons. The lowest BCUT2D eigenvalue weighted by molar-refractivity contribution is -0.137. The van der Waals surface area contributed by atoms with Crippen molar-refractivity contribution in [3.63, 3.8) is 0 Å². The third-order valence-electron chi connectivity index (χ3n) is 2.97. The number of rotatable bonds is 3. The molecule has 0 spiro atoms. The van der Waals surface area contributed by atoms with Gasteiger partial charge in [-0.25, -0.2) is 5.43 Å². The van der Waals surface area contributed by atoms with Crippen molar-refractivity contribution in [3.8, 4) is 0 Å². The molecule has 1 aromatic carbocycles. The maximum Gasteiger partial charge on any atom is 0.416 e. The van der Waals surface area contributed by atoms with Crippen LogP contribution in [0.15, 0.2) is 42.7 Å². The molecule has 2 aromatic rings. The Morgan fingerprint density at radius 2 is 1.75 bits per heavy atom. The zero-order valence-corrected chi connectivity index (χ0v) is 10.8. The molecule has 20 heavy (non-hydrogen) atoms. The van der Waals surface area contributed by atoms with E-state index in [0.717, 1.165) is 23.3 Å². The van der Waals surface area contributed by atoms with Crippen molar-refractivity contribution in [2.75, 3.05) is 0 Å². The molecule has 0 saturated carbocycles. The van der Waals surface area contributed by atoms with E-state index < -0.39 is 17.8 Å². The van der Waals surface area contributed by atoms with Crippen LogP contribution < -0.4 is 11.3 Å². The SMILES string of the molecule is Cc1cncc(C(NN)c2ccc(C(F)(F)F)cc2)c1. The number of aromatic nitrogens is 1. The Kier molecular flexibility index (Phi) is 4.06. The number of pyridine rings is 1. The molecule has 0 aliphatic rings. The van der Waals surface area contributed by atoms with Crippen LogP contribution in [0.5, 0.6) is 0 Å². The summed E-state index contributed by atoms with van der Waals surface area (Å²) in [5, 5.41) is 0. The monoisotopic (exact) mass is 281 g/mol. The molecular formula is C14H14F3N3. The van der Waals surface area contributed by atoms with Crippen molar-refractivity contribution in [1.82, 2.24) is 10.4 Å². The van der Waals surface area contributed by atoms with Crippen LogP contribution in [-0.4, -0.2) is 4.98 Å². The molecule has 0 aliphatic heterocycles. The van der Waals surface area contributed by atoms with Crippen molar-refractivity contribution < 1.29 is 13.2 Å². The van der Waals surface area contributed by atoms with Crippen LogP contribution >= 0.6 is 0 Å². The molecule has 1 unspecified atom stereocenters. The molecule has 1 atom stereocenters. The molecule has 0 radical (unpaired) electrons. The first-order valence-corrected chi connectivity index (χ1v) is 5.96. The van der Waals surface area contributed by atoms with Gasteiger partial charge < -0.3 is 0 Å². The maximum atomic E-state index is 12.5. The van der Waals surface area contributed by atoms with Gasteiger partial charge in [0.25, 0.3) is 0 Å². The fourth-order valence-electron chi connectivity index (χ4n) is 1.99. The smallest absolute Gasteiger partial charge is 0.271 e. The Bertz CT molecular complexity index is 579. The summed E-state index contributed by atoms with van der Waals surface area (Å²) in [4.78, 5) is 4.06. The molecule has 0 amide bonds. The zero-order valence-electron chi connectivity index (χ0n) is 10.8. The fraction of sp³-hybridized carbons (Fsp3) is 0.214. The van der Waals surface area contributed by atoms with Gasteiger partial charge in [0, 0.05) is 12.4 Å². The number of benzene rings is 1. The highest BCUT2D eigenvalue weighted by atomic mass is 19.4. The number of halogens is 3. The Morgan fingerprint density at radius 3 is 2.25 bits per heavy atom. The topological polar surface area (TPSA) is 50.9 Å². The molecule has 3 nitrogen and oxygen atoms in total. The lowest BCUT2D eigenvalue weighted by atomic mass is 9.98. The van der Waals surface area contributed by atoms with E-state index in [1.54, 1.807) is 12.4 Å². The van der Waals surface area contributed by atoms with Crippen LogP contribution in [0.3, 0.4) is 0 Å². The molecule has 3 N–H and O–H groups in total. The van der Waals surface area contributed by atoms with Gasteiger partial charge >= 0.3 is 6.18 Å². The summed E-state index contributed by atoms with van der Waals surface area (Å²) in [7, 11) is 0. The lowest BCUT2D eigenvalue weighted by Gasteiger charge is -2.17. The van der Waals surface area contributed by atoms with Gasteiger partial charge in [0.2, 0.25) is 0 Å². The van der Waals surface area contributed by atoms with Gasteiger partial charge in [-0.2, -0.15) is 13.2 Å². The third kappa shape index (κ3) is 3.15. The van der Waals surface area contributed by atoms with E-state index in [4.69, 9.17) is 5.84 Å². The highest BCUT2D eigenvalue weighted by Gasteiger charge is 2.30. The molecule has 1 aromatic heterocycles. The zero-order chi connectivity index (χ0) is 14.8. The van der Waals surface area contributed by atoms with Crippen LogP contribution in [0.1, 0.15) is 28.3 Å². The largest absolute Gasteiger partial charge is 0.416 e. The first-order valence-electron chi connectivity index (χ1n) is 5.96. The molecule has 0 saturated heterocycles.